The molecule has 0 bridgehead atoms. The van der Waals surface area contributed by atoms with Crippen molar-refractivity contribution in [2.45, 2.75) is 32.6 Å². The summed E-state index contributed by atoms with van der Waals surface area (Å²) in [6, 6.07) is 0. The molecule has 1 aliphatic heterocycles. The van der Waals surface area contributed by atoms with Crippen LogP contribution in [0.1, 0.15) is 29.2 Å². The van der Waals surface area contributed by atoms with Crippen LogP contribution in [0, 0.1) is 6.92 Å². The van der Waals surface area contributed by atoms with Crippen LogP contribution in [-0.2, 0) is 24.0 Å². The van der Waals surface area contributed by atoms with E-state index in [9.17, 15) is 0 Å². The lowest BCUT2D eigenvalue weighted by Gasteiger charge is -2.09. The van der Waals surface area contributed by atoms with Gasteiger partial charge in [0.1, 0.15) is 5.82 Å². The van der Waals surface area contributed by atoms with E-state index >= 15 is 0 Å². The van der Waals surface area contributed by atoms with Gasteiger partial charge in [0.2, 0.25) is 0 Å². The van der Waals surface area contributed by atoms with E-state index in [4.69, 9.17) is 10.5 Å². The zero-order chi connectivity index (χ0) is 11.4. The van der Waals surface area contributed by atoms with Crippen LogP contribution in [0.3, 0.4) is 0 Å². The fourth-order valence-electron chi connectivity index (χ4n) is 2.07. The molecule has 1 aliphatic rings. The Balaban J connectivity index is 2.24. The first-order chi connectivity index (χ1) is 7.81. The fourth-order valence-corrected chi connectivity index (χ4v) is 2.07. The maximum atomic E-state index is 5.50. The average molecular weight is 221 g/mol. The molecule has 0 aliphatic carbocycles. The summed E-state index contributed by atoms with van der Waals surface area (Å²) in [5.74, 6) is 0.934. The quantitative estimate of drug-likeness (QED) is 0.819. The maximum absolute atomic E-state index is 5.50. The highest BCUT2D eigenvalue weighted by atomic mass is 16.5. The highest BCUT2D eigenvalue weighted by molar-refractivity contribution is 5.26. The van der Waals surface area contributed by atoms with Gasteiger partial charge in [0, 0.05) is 24.2 Å². The number of nitrogens with zero attached hydrogens (tertiary/aromatic N) is 2. The van der Waals surface area contributed by atoms with Crippen molar-refractivity contribution in [3.63, 3.8) is 0 Å². The van der Waals surface area contributed by atoms with Crippen molar-refractivity contribution in [3.8, 4) is 0 Å². The Hall–Kier alpha value is -1.00. The van der Waals surface area contributed by atoms with Gasteiger partial charge in [0.25, 0.3) is 0 Å². The predicted molar refractivity (Wildman–Crippen MR) is 62.4 cm³/mol. The number of nitrogens with two attached hydrogens (primary N) is 1. The highest BCUT2D eigenvalue weighted by Gasteiger charge is 2.14. The molecule has 0 fully saturated rings. The SMILES string of the molecule is Cc1nc(CCCN)nc2c1CCOCC2. The zero-order valence-corrected chi connectivity index (χ0v) is 9.83. The van der Waals surface area contributed by atoms with Gasteiger partial charge in [-0.15, -0.1) is 0 Å². The Bertz CT molecular complexity index is 366. The molecular weight excluding hydrogens is 202 g/mol. The molecule has 0 saturated heterocycles. The number of hydrogen-bond donors (Lipinski definition) is 1. The van der Waals surface area contributed by atoms with E-state index in [2.05, 4.69) is 16.9 Å². The molecule has 0 aromatic carbocycles. The van der Waals surface area contributed by atoms with Crippen molar-refractivity contribution >= 4 is 0 Å². The zero-order valence-electron chi connectivity index (χ0n) is 9.83. The molecule has 0 radical (unpaired) electrons. The summed E-state index contributed by atoms with van der Waals surface area (Å²) in [6.07, 6.45) is 3.69. The Morgan fingerprint density at radius 3 is 2.88 bits per heavy atom. The molecule has 0 saturated carbocycles. The van der Waals surface area contributed by atoms with Crippen molar-refractivity contribution in [3.05, 3.63) is 22.8 Å². The summed E-state index contributed by atoms with van der Waals surface area (Å²) in [4.78, 5) is 9.17. The first-order valence-electron chi connectivity index (χ1n) is 5.94. The fraction of sp³-hybridized carbons (Fsp3) is 0.667. The second-order valence-corrected chi connectivity index (χ2v) is 4.16. The molecule has 0 atom stereocenters. The van der Waals surface area contributed by atoms with Gasteiger partial charge in [-0.05, 0) is 31.9 Å². The third kappa shape index (κ3) is 2.57. The van der Waals surface area contributed by atoms with E-state index in [0.29, 0.717) is 6.54 Å². The Labute approximate surface area is 96.2 Å². The Morgan fingerprint density at radius 2 is 2.06 bits per heavy atom. The van der Waals surface area contributed by atoms with Crippen LogP contribution in [0.15, 0.2) is 0 Å². The van der Waals surface area contributed by atoms with Crippen molar-refractivity contribution in [1.82, 2.24) is 9.97 Å². The van der Waals surface area contributed by atoms with E-state index in [1.807, 2.05) is 0 Å². The third-order valence-electron chi connectivity index (χ3n) is 2.93. The van der Waals surface area contributed by atoms with E-state index in [-0.39, 0.29) is 0 Å². The number of ether oxygens (including phenoxy) is 1. The number of rotatable bonds is 3. The van der Waals surface area contributed by atoms with Crippen LogP contribution in [0.4, 0.5) is 0 Å². The molecule has 2 heterocycles. The van der Waals surface area contributed by atoms with Crippen LogP contribution < -0.4 is 5.73 Å². The van der Waals surface area contributed by atoms with Gasteiger partial charge >= 0.3 is 0 Å². The number of fused-ring (bicyclic) bond motifs is 1. The lowest BCUT2D eigenvalue weighted by molar-refractivity contribution is 0.146. The largest absolute Gasteiger partial charge is 0.381 e. The van der Waals surface area contributed by atoms with Gasteiger partial charge in [-0.2, -0.15) is 0 Å². The Morgan fingerprint density at radius 1 is 1.25 bits per heavy atom. The summed E-state index contributed by atoms with van der Waals surface area (Å²) in [7, 11) is 0. The average Bonchev–Trinajstić information content (AvgIpc) is 2.51. The van der Waals surface area contributed by atoms with Crippen LogP contribution in [0.5, 0.6) is 0 Å². The van der Waals surface area contributed by atoms with E-state index in [1.165, 1.54) is 11.3 Å². The van der Waals surface area contributed by atoms with Gasteiger partial charge in [-0.3, -0.25) is 0 Å². The summed E-state index contributed by atoms with van der Waals surface area (Å²) >= 11 is 0. The molecular formula is C12H19N3O. The number of aromatic nitrogens is 2. The molecule has 4 nitrogen and oxygen atoms in total. The van der Waals surface area contributed by atoms with Crippen LogP contribution in [-0.4, -0.2) is 29.7 Å². The summed E-state index contributed by atoms with van der Waals surface area (Å²) in [6.45, 7) is 4.33. The molecule has 2 N–H and O–H groups in total. The minimum Gasteiger partial charge on any atom is -0.381 e. The molecule has 1 aromatic heterocycles. The molecule has 88 valence electrons. The monoisotopic (exact) mass is 221 g/mol. The van der Waals surface area contributed by atoms with Crippen molar-refractivity contribution in [1.29, 1.82) is 0 Å². The minimum atomic E-state index is 0.697. The first-order valence-corrected chi connectivity index (χ1v) is 5.94. The maximum Gasteiger partial charge on any atom is 0.128 e. The Kier molecular flexibility index (Phi) is 3.85. The van der Waals surface area contributed by atoms with Crippen molar-refractivity contribution in [2.75, 3.05) is 19.8 Å². The number of hydrogen-bond acceptors (Lipinski definition) is 4. The normalized spacial score (nSPS) is 15.6. The van der Waals surface area contributed by atoms with Gasteiger partial charge < -0.3 is 10.5 Å². The first kappa shape index (κ1) is 11.5. The van der Waals surface area contributed by atoms with Gasteiger partial charge in [0.05, 0.1) is 13.2 Å². The minimum absolute atomic E-state index is 0.697. The van der Waals surface area contributed by atoms with Crippen LogP contribution in [0.2, 0.25) is 0 Å². The molecule has 0 spiro atoms. The third-order valence-corrected chi connectivity index (χ3v) is 2.93. The summed E-state index contributed by atoms with van der Waals surface area (Å²) in [5.41, 5.74) is 9.08. The lowest BCUT2D eigenvalue weighted by atomic mass is 10.1. The van der Waals surface area contributed by atoms with Crippen molar-refractivity contribution < 1.29 is 4.74 Å². The standard InChI is InChI=1S/C12H19N3O/c1-9-10-4-7-16-8-5-11(10)15-12(14-9)3-2-6-13/h2-8,13H2,1H3. The van der Waals surface area contributed by atoms with Gasteiger partial charge in [-0.25, -0.2) is 9.97 Å². The van der Waals surface area contributed by atoms with Crippen molar-refractivity contribution in [2.24, 2.45) is 5.73 Å². The molecule has 0 unspecified atom stereocenters. The van der Waals surface area contributed by atoms with E-state index < -0.39 is 0 Å². The molecule has 4 heteroatoms. The molecule has 0 amide bonds. The molecule has 1 aromatic rings. The molecule has 2 rings (SSSR count). The summed E-state index contributed by atoms with van der Waals surface area (Å²) < 4.78 is 5.47. The van der Waals surface area contributed by atoms with Crippen LogP contribution >= 0.6 is 0 Å². The van der Waals surface area contributed by atoms with Gasteiger partial charge in [-0.1, -0.05) is 0 Å². The number of aryl methyl sites for hydroxylation is 2. The lowest BCUT2D eigenvalue weighted by Crippen LogP contribution is -2.09. The predicted octanol–water partition coefficient (Wildman–Crippen LogP) is 0.792. The van der Waals surface area contributed by atoms with E-state index in [0.717, 1.165) is 50.4 Å². The highest BCUT2D eigenvalue weighted by Crippen LogP contribution is 2.16. The summed E-state index contributed by atoms with van der Waals surface area (Å²) in [5, 5.41) is 0. The molecule has 16 heavy (non-hydrogen) atoms. The van der Waals surface area contributed by atoms with Gasteiger partial charge in [0.15, 0.2) is 0 Å². The van der Waals surface area contributed by atoms with E-state index in [1.54, 1.807) is 0 Å². The second kappa shape index (κ2) is 5.37. The van der Waals surface area contributed by atoms with Crippen LogP contribution in [0.25, 0.3) is 0 Å². The second-order valence-electron chi connectivity index (χ2n) is 4.16. The topological polar surface area (TPSA) is 61.0 Å². The smallest absolute Gasteiger partial charge is 0.128 e.